The molecule has 140 valence electrons. The SMILES string of the molecule is CN1CCCC1CCn1c2ccc([N+](=O)[O-])cc2c2cc([N+](=O)[O-])ccc21. The number of non-ortho nitro benzene ring substituents is 2. The Bertz CT molecular complexity index is 987. The second-order valence-corrected chi connectivity index (χ2v) is 7.13. The molecule has 0 bridgehead atoms. The fraction of sp³-hybridized carbons (Fsp3) is 0.368. The molecular weight excluding hydrogens is 348 g/mol. The number of rotatable bonds is 5. The summed E-state index contributed by atoms with van der Waals surface area (Å²) in [5.41, 5.74) is 1.72. The van der Waals surface area contributed by atoms with Crippen LogP contribution in [0.4, 0.5) is 11.4 Å². The van der Waals surface area contributed by atoms with Gasteiger partial charge in [-0.1, -0.05) is 0 Å². The highest BCUT2D eigenvalue weighted by atomic mass is 16.6. The van der Waals surface area contributed by atoms with Crippen molar-refractivity contribution in [3.05, 3.63) is 56.6 Å². The monoisotopic (exact) mass is 368 g/mol. The second kappa shape index (κ2) is 6.62. The van der Waals surface area contributed by atoms with Crippen LogP contribution in [0.2, 0.25) is 0 Å². The summed E-state index contributed by atoms with van der Waals surface area (Å²) in [6, 6.07) is 10.0. The van der Waals surface area contributed by atoms with Crippen molar-refractivity contribution in [1.29, 1.82) is 0 Å². The smallest absolute Gasteiger partial charge is 0.270 e. The van der Waals surface area contributed by atoms with Gasteiger partial charge in [-0.05, 0) is 45.0 Å². The van der Waals surface area contributed by atoms with Crippen LogP contribution in [0.15, 0.2) is 36.4 Å². The van der Waals surface area contributed by atoms with Gasteiger partial charge in [-0.25, -0.2) is 0 Å². The number of nitro benzene ring substituents is 2. The molecule has 1 atom stereocenters. The third kappa shape index (κ3) is 3.02. The summed E-state index contributed by atoms with van der Waals surface area (Å²) in [7, 11) is 2.14. The van der Waals surface area contributed by atoms with Gasteiger partial charge in [0.05, 0.1) is 9.85 Å². The Morgan fingerprint density at radius 3 is 2.00 bits per heavy atom. The van der Waals surface area contributed by atoms with Crippen molar-refractivity contribution >= 4 is 33.2 Å². The van der Waals surface area contributed by atoms with Crippen LogP contribution in [-0.4, -0.2) is 38.9 Å². The standard InChI is InChI=1S/C19H20N4O4/c1-20-9-2-3-13(20)8-10-21-18-6-4-14(22(24)25)11-16(18)17-12-15(23(26)27)5-7-19(17)21/h4-7,11-13H,2-3,8-10H2,1H3. The molecule has 4 rings (SSSR count). The van der Waals surface area contributed by atoms with Crippen molar-refractivity contribution < 1.29 is 9.85 Å². The minimum Gasteiger partial charge on any atom is -0.340 e. The number of nitrogens with zero attached hydrogens (tertiary/aromatic N) is 4. The average Bonchev–Trinajstić information content (AvgIpc) is 3.19. The molecule has 1 aromatic heterocycles. The van der Waals surface area contributed by atoms with Crippen LogP contribution in [0.5, 0.6) is 0 Å². The summed E-state index contributed by atoms with van der Waals surface area (Å²) in [5.74, 6) is 0. The molecule has 1 aliphatic rings. The number of benzene rings is 2. The van der Waals surface area contributed by atoms with Gasteiger partial charge in [-0.2, -0.15) is 0 Å². The lowest BCUT2D eigenvalue weighted by Crippen LogP contribution is -2.26. The highest BCUT2D eigenvalue weighted by Crippen LogP contribution is 2.34. The van der Waals surface area contributed by atoms with Crippen LogP contribution in [0, 0.1) is 20.2 Å². The van der Waals surface area contributed by atoms with Crippen molar-refractivity contribution in [2.24, 2.45) is 0 Å². The van der Waals surface area contributed by atoms with Gasteiger partial charge in [0.2, 0.25) is 0 Å². The van der Waals surface area contributed by atoms with E-state index in [1.54, 1.807) is 12.1 Å². The molecule has 1 unspecified atom stereocenters. The molecule has 0 saturated carbocycles. The predicted molar refractivity (Wildman–Crippen MR) is 103 cm³/mol. The Labute approximate surface area is 155 Å². The molecule has 8 nitrogen and oxygen atoms in total. The summed E-state index contributed by atoms with van der Waals surface area (Å²) in [5, 5.41) is 23.7. The van der Waals surface area contributed by atoms with E-state index >= 15 is 0 Å². The van der Waals surface area contributed by atoms with Gasteiger partial charge in [-0.3, -0.25) is 20.2 Å². The minimum absolute atomic E-state index is 0.0106. The highest BCUT2D eigenvalue weighted by molar-refractivity contribution is 6.09. The quantitative estimate of drug-likeness (QED) is 0.499. The zero-order valence-corrected chi connectivity index (χ0v) is 15.0. The zero-order valence-electron chi connectivity index (χ0n) is 15.0. The average molecular weight is 368 g/mol. The first-order valence-electron chi connectivity index (χ1n) is 9.01. The van der Waals surface area contributed by atoms with Gasteiger partial charge in [-0.15, -0.1) is 0 Å². The number of likely N-dealkylation sites (tertiary alicyclic amines) is 1. The van der Waals surface area contributed by atoms with Crippen LogP contribution < -0.4 is 0 Å². The van der Waals surface area contributed by atoms with Crippen molar-refractivity contribution in [2.75, 3.05) is 13.6 Å². The minimum atomic E-state index is -0.437. The molecule has 0 spiro atoms. The zero-order chi connectivity index (χ0) is 19.1. The van der Waals surface area contributed by atoms with Crippen molar-refractivity contribution in [2.45, 2.75) is 31.8 Å². The van der Waals surface area contributed by atoms with E-state index in [2.05, 4.69) is 16.5 Å². The Kier molecular flexibility index (Phi) is 4.27. The van der Waals surface area contributed by atoms with Crippen molar-refractivity contribution in [1.82, 2.24) is 9.47 Å². The third-order valence-corrected chi connectivity index (χ3v) is 5.61. The first kappa shape index (κ1) is 17.4. The fourth-order valence-electron chi connectivity index (χ4n) is 4.17. The normalized spacial score (nSPS) is 17.7. The molecule has 2 aromatic carbocycles. The van der Waals surface area contributed by atoms with Gasteiger partial charge < -0.3 is 9.47 Å². The molecule has 8 heteroatoms. The highest BCUT2D eigenvalue weighted by Gasteiger charge is 2.22. The van der Waals surface area contributed by atoms with E-state index in [9.17, 15) is 20.2 Å². The molecule has 0 radical (unpaired) electrons. The van der Waals surface area contributed by atoms with E-state index in [-0.39, 0.29) is 11.4 Å². The lowest BCUT2D eigenvalue weighted by Gasteiger charge is -2.20. The molecule has 1 aliphatic heterocycles. The van der Waals surface area contributed by atoms with E-state index in [0.29, 0.717) is 16.8 Å². The number of fused-ring (bicyclic) bond motifs is 3. The lowest BCUT2D eigenvalue weighted by molar-refractivity contribution is -0.385. The Morgan fingerprint density at radius 1 is 1.00 bits per heavy atom. The van der Waals surface area contributed by atoms with Crippen LogP contribution in [0.3, 0.4) is 0 Å². The number of aromatic nitrogens is 1. The Balaban J connectivity index is 1.85. The Hall–Kier alpha value is -3.00. The van der Waals surface area contributed by atoms with Gasteiger partial charge in [0.15, 0.2) is 0 Å². The largest absolute Gasteiger partial charge is 0.340 e. The molecule has 2 heterocycles. The summed E-state index contributed by atoms with van der Waals surface area (Å²) in [4.78, 5) is 23.9. The second-order valence-electron chi connectivity index (χ2n) is 7.13. The summed E-state index contributed by atoms with van der Waals surface area (Å²) < 4.78 is 2.13. The number of nitro groups is 2. The van der Waals surface area contributed by atoms with Crippen molar-refractivity contribution in [3.8, 4) is 0 Å². The summed E-state index contributed by atoms with van der Waals surface area (Å²) in [6.07, 6.45) is 3.35. The van der Waals surface area contributed by atoms with Gasteiger partial charge >= 0.3 is 0 Å². The number of aryl methyl sites for hydroxylation is 1. The van der Waals surface area contributed by atoms with Crippen molar-refractivity contribution in [3.63, 3.8) is 0 Å². The molecular formula is C19H20N4O4. The van der Waals surface area contributed by atoms with Gasteiger partial charge in [0.1, 0.15) is 0 Å². The summed E-state index contributed by atoms with van der Waals surface area (Å²) >= 11 is 0. The van der Waals surface area contributed by atoms with E-state index in [0.717, 1.165) is 30.5 Å². The Morgan fingerprint density at radius 2 is 1.56 bits per heavy atom. The maximum atomic E-state index is 11.2. The molecule has 0 aliphatic carbocycles. The van der Waals surface area contributed by atoms with E-state index in [1.807, 2.05) is 0 Å². The van der Waals surface area contributed by atoms with E-state index < -0.39 is 9.85 Å². The first-order valence-corrected chi connectivity index (χ1v) is 9.01. The maximum absolute atomic E-state index is 11.2. The molecule has 0 N–H and O–H groups in total. The number of hydrogen-bond donors (Lipinski definition) is 0. The fourth-order valence-corrected chi connectivity index (χ4v) is 4.17. The maximum Gasteiger partial charge on any atom is 0.270 e. The topological polar surface area (TPSA) is 94.5 Å². The van der Waals surface area contributed by atoms with Crippen LogP contribution >= 0.6 is 0 Å². The first-order chi connectivity index (χ1) is 13.0. The molecule has 27 heavy (non-hydrogen) atoms. The summed E-state index contributed by atoms with van der Waals surface area (Å²) in [6.45, 7) is 1.88. The van der Waals surface area contributed by atoms with Gasteiger partial charge in [0, 0.05) is 58.7 Å². The number of hydrogen-bond acceptors (Lipinski definition) is 5. The third-order valence-electron chi connectivity index (χ3n) is 5.61. The van der Waals surface area contributed by atoms with Crippen LogP contribution in [-0.2, 0) is 6.54 Å². The predicted octanol–water partition coefficient (Wildman–Crippen LogP) is 4.10. The van der Waals surface area contributed by atoms with E-state index in [1.165, 1.54) is 37.1 Å². The molecule has 1 fully saturated rings. The molecule has 1 saturated heterocycles. The van der Waals surface area contributed by atoms with E-state index in [4.69, 9.17) is 0 Å². The molecule has 0 amide bonds. The van der Waals surface area contributed by atoms with Gasteiger partial charge in [0.25, 0.3) is 11.4 Å². The molecule has 3 aromatic rings. The van der Waals surface area contributed by atoms with Crippen LogP contribution in [0.1, 0.15) is 19.3 Å². The lowest BCUT2D eigenvalue weighted by atomic mass is 10.1. The van der Waals surface area contributed by atoms with Crippen LogP contribution in [0.25, 0.3) is 21.8 Å².